The van der Waals surface area contributed by atoms with Gasteiger partial charge in [-0.1, -0.05) is 6.07 Å². The first-order valence-electron chi connectivity index (χ1n) is 4.61. The van der Waals surface area contributed by atoms with Crippen molar-refractivity contribution in [2.45, 2.75) is 6.92 Å². The van der Waals surface area contributed by atoms with Crippen molar-refractivity contribution >= 4 is 5.97 Å². The highest BCUT2D eigenvalue weighted by Gasteiger charge is 2.08. The number of pyridine rings is 1. The Balaban J connectivity index is 2.40. The lowest BCUT2D eigenvalue weighted by Gasteiger charge is -2.03. The molecule has 0 aromatic carbocycles. The van der Waals surface area contributed by atoms with Crippen molar-refractivity contribution in [1.82, 2.24) is 4.98 Å². The first-order valence-corrected chi connectivity index (χ1v) is 4.61. The molecule has 0 saturated heterocycles. The highest BCUT2D eigenvalue weighted by molar-refractivity contribution is 5.87. The smallest absolute Gasteiger partial charge is 0.357 e. The predicted molar refractivity (Wildman–Crippen MR) is 51.0 cm³/mol. The molecule has 0 aliphatic rings. The maximum Gasteiger partial charge on any atom is 0.357 e. The SMILES string of the molecule is CCOCCOC(=O)c1cccc(F)n1. The van der Waals surface area contributed by atoms with Crippen molar-refractivity contribution in [2.75, 3.05) is 19.8 Å². The summed E-state index contributed by atoms with van der Waals surface area (Å²) in [5, 5.41) is 0. The van der Waals surface area contributed by atoms with Gasteiger partial charge in [-0.3, -0.25) is 0 Å². The number of carbonyl (C=O) groups is 1. The van der Waals surface area contributed by atoms with Gasteiger partial charge in [-0.25, -0.2) is 9.78 Å². The highest BCUT2D eigenvalue weighted by atomic mass is 19.1. The van der Waals surface area contributed by atoms with E-state index in [0.29, 0.717) is 13.2 Å². The Hall–Kier alpha value is -1.49. The highest BCUT2D eigenvalue weighted by Crippen LogP contribution is 1.99. The molecule has 1 aromatic heterocycles. The number of hydrogen-bond donors (Lipinski definition) is 0. The molecule has 4 nitrogen and oxygen atoms in total. The molecule has 0 atom stereocenters. The number of halogens is 1. The lowest BCUT2D eigenvalue weighted by atomic mass is 10.3. The van der Waals surface area contributed by atoms with Crippen LogP contribution in [0.5, 0.6) is 0 Å². The lowest BCUT2D eigenvalue weighted by Crippen LogP contribution is -2.12. The van der Waals surface area contributed by atoms with E-state index in [4.69, 9.17) is 9.47 Å². The Morgan fingerprint density at radius 3 is 2.93 bits per heavy atom. The first kappa shape index (κ1) is 11.6. The second kappa shape index (κ2) is 6.08. The zero-order chi connectivity index (χ0) is 11.1. The number of aromatic nitrogens is 1. The van der Waals surface area contributed by atoms with Gasteiger partial charge in [0.2, 0.25) is 5.95 Å². The van der Waals surface area contributed by atoms with Crippen LogP contribution in [0.2, 0.25) is 0 Å². The number of nitrogens with zero attached hydrogens (tertiary/aromatic N) is 1. The summed E-state index contributed by atoms with van der Waals surface area (Å²) in [6.07, 6.45) is 0. The average Bonchev–Trinajstić information content (AvgIpc) is 2.24. The van der Waals surface area contributed by atoms with Crippen LogP contribution in [0.25, 0.3) is 0 Å². The molecule has 0 fully saturated rings. The Labute approximate surface area is 87.0 Å². The summed E-state index contributed by atoms with van der Waals surface area (Å²) in [4.78, 5) is 14.6. The van der Waals surface area contributed by atoms with E-state index in [0.717, 1.165) is 6.07 Å². The van der Waals surface area contributed by atoms with Crippen LogP contribution in [-0.2, 0) is 9.47 Å². The fourth-order valence-corrected chi connectivity index (χ4v) is 0.934. The Kier molecular flexibility index (Phi) is 4.70. The minimum atomic E-state index is -0.700. The van der Waals surface area contributed by atoms with Crippen molar-refractivity contribution < 1.29 is 18.7 Å². The Bertz CT molecular complexity index is 330. The normalized spacial score (nSPS) is 10.0. The monoisotopic (exact) mass is 213 g/mol. The van der Waals surface area contributed by atoms with Crippen molar-refractivity contribution in [3.05, 3.63) is 29.8 Å². The first-order chi connectivity index (χ1) is 7.24. The topological polar surface area (TPSA) is 48.4 Å². The van der Waals surface area contributed by atoms with E-state index in [1.165, 1.54) is 12.1 Å². The molecule has 5 heteroatoms. The maximum absolute atomic E-state index is 12.6. The fraction of sp³-hybridized carbons (Fsp3) is 0.400. The molecule has 1 rings (SSSR count). The Morgan fingerprint density at radius 2 is 2.27 bits per heavy atom. The van der Waals surface area contributed by atoms with Crippen LogP contribution in [0.15, 0.2) is 18.2 Å². The van der Waals surface area contributed by atoms with Gasteiger partial charge in [0.05, 0.1) is 6.61 Å². The molecule has 15 heavy (non-hydrogen) atoms. The number of rotatable bonds is 5. The third-order valence-electron chi connectivity index (χ3n) is 1.59. The van der Waals surface area contributed by atoms with E-state index < -0.39 is 11.9 Å². The van der Waals surface area contributed by atoms with Gasteiger partial charge in [-0.15, -0.1) is 0 Å². The largest absolute Gasteiger partial charge is 0.459 e. The van der Waals surface area contributed by atoms with Gasteiger partial charge < -0.3 is 9.47 Å². The molecule has 0 bridgehead atoms. The van der Waals surface area contributed by atoms with E-state index in [9.17, 15) is 9.18 Å². The van der Waals surface area contributed by atoms with Gasteiger partial charge in [-0.2, -0.15) is 4.39 Å². The molecule has 0 aliphatic heterocycles. The number of hydrogen-bond acceptors (Lipinski definition) is 4. The molecule has 1 aromatic rings. The lowest BCUT2D eigenvalue weighted by molar-refractivity contribution is 0.0328. The number of carbonyl (C=O) groups excluding carboxylic acids is 1. The zero-order valence-electron chi connectivity index (χ0n) is 8.40. The van der Waals surface area contributed by atoms with E-state index in [1.807, 2.05) is 6.92 Å². The second-order valence-corrected chi connectivity index (χ2v) is 2.68. The number of ether oxygens (including phenoxy) is 2. The average molecular weight is 213 g/mol. The summed E-state index contributed by atoms with van der Waals surface area (Å²) < 4.78 is 22.4. The molecule has 0 N–H and O–H groups in total. The van der Waals surface area contributed by atoms with Gasteiger partial charge in [0.25, 0.3) is 0 Å². The summed E-state index contributed by atoms with van der Waals surface area (Å²) in [5.41, 5.74) is -0.0356. The molecule has 0 aliphatic carbocycles. The molecule has 0 unspecified atom stereocenters. The number of esters is 1. The van der Waals surface area contributed by atoms with E-state index >= 15 is 0 Å². The molecular weight excluding hydrogens is 201 g/mol. The molecule has 82 valence electrons. The quantitative estimate of drug-likeness (QED) is 0.421. The third kappa shape index (κ3) is 4.03. The summed E-state index contributed by atoms with van der Waals surface area (Å²) in [5.74, 6) is -1.34. The molecular formula is C10H12FNO3. The molecule has 0 spiro atoms. The van der Waals surface area contributed by atoms with Crippen molar-refractivity contribution in [1.29, 1.82) is 0 Å². The van der Waals surface area contributed by atoms with E-state index in [1.54, 1.807) is 0 Å². The summed E-state index contributed by atoms with van der Waals surface area (Å²) in [6.45, 7) is 2.88. The van der Waals surface area contributed by atoms with Gasteiger partial charge >= 0.3 is 5.97 Å². The maximum atomic E-state index is 12.6. The fourth-order valence-electron chi connectivity index (χ4n) is 0.934. The third-order valence-corrected chi connectivity index (χ3v) is 1.59. The van der Waals surface area contributed by atoms with E-state index in [-0.39, 0.29) is 12.3 Å². The van der Waals surface area contributed by atoms with Crippen molar-refractivity contribution in [3.63, 3.8) is 0 Å². The zero-order valence-corrected chi connectivity index (χ0v) is 8.40. The predicted octanol–water partition coefficient (Wildman–Crippen LogP) is 1.41. The summed E-state index contributed by atoms with van der Waals surface area (Å²) in [6, 6.07) is 3.96. The van der Waals surface area contributed by atoms with Crippen LogP contribution >= 0.6 is 0 Å². The minimum absolute atomic E-state index is 0.0356. The standard InChI is InChI=1S/C10H12FNO3/c1-2-14-6-7-15-10(13)8-4-3-5-9(11)12-8/h3-5H,2,6-7H2,1H3. The van der Waals surface area contributed by atoms with Crippen molar-refractivity contribution in [3.8, 4) is 0 Å². The summed E-state index contributed by atoms with van der Waals surface area (Å²) >= 11 is 0. The van der Waals surface area contributed by atoms with Gasteiger partial charge in [0, 0.05) is 6.61 Å². The Morgan fingerprint density at radius 1 is 1.47 bits per heavy atom. The van der Waals surface area contributed by atoms with Crippen LogP contribution < -0.4 is 0 Å². The van der Waals surface area contributed by atoms with Gasteiger partial charge in [0.15, 0.2) is 5.69 Å². The van der Waals surface area contributed by atoms with Crippen LogP contribution in [-0.4, -0.2) is 30.8 Å². The molecule has 1 heterocycles. The van der Waals surface area contributed by atoms with Crippen LogP contribution in [0, 0.1) is 5.95 Å². The molecule has 0 saturated carbocycles. The van der Waals surface area contributed by atoms with Crippen molar-refractivity contribution in [2.24, 2.45) is 0 Å². The molecule has 0 amide bonds. The van der Waals surface area contributed by atoms with Gasteiger partial charge in [-0.05, 0) is 19.1 Å². The van der Waals surface area contributed by atoms with Crippen LogP contribution in [0.3, 0.4) is 0 Å². The second-order valence-electron chi connectivity index (χ2n) is 2.68. The van der Waals surface area contributed by atoms with Crippen LogP contribution in [0.4, 0.5) is 4.39 Å². The molecule has 0 radical (unpaired) electrons. The minimum Gasteiger partial charge on any atom is -0.459 e. The van der Waals surface area contributed by atoms with Crippen LogP contribution in [0.1, 0.15) is 17.4 Å². The summed E-state index contributed by atoms with van der Waals surface area (Å²) in [7, 11) is 0. The van der Waals surface area contributed by atoms with E-state index in [2.05, 4.69) is 4.98 Å². The van der Waals surface area contributed by atoms with Gasteiger partial charge in [0.1, 0.15) is 6.61 Å².